The van der Waals surface area contributed by atoms with Crippen LogP contribution in [-0.4, -0.2) is 207 Å². The van der Waals surface area contributed by atoms with Gasteiger partial charge in [0.2, 0.25) is 12.2 Å². The van der Waals surface area contributed by atoms with Crippen molar-refractivity contribution < 1.29 is 109 Å². The van der Waals surface area contributed by atoms with E-state index >= 15 is 0 Å². The van der Waals surface area contributed by atoms with Crippen LogP contribution >= 0.6 is 0 Å². The maximum Gasteiger partial charge on any atom is 0.339 e. The summed E-state index contributed by atoms with van der Waals surface area (Å²) >= 11 is 0. The summed E-state index contributed by atoms with van der Waals surface area (Å²) in [6.45, 7) is 13.8. The van der Waals surface area contributed by atoms with E-state index in [1.54, 1.807) is 6.92 Å². The molecule has 61 heavy (non-hydrogen) atoms. The first-order chi connectivity index (χ1) is 28.7. The quantitative estimate of drug-likeness (QED) is 0.0351. The number of amides is 1. The molecule has 2 saturated heterocycles. The van der Waals surface area contributed by atoms with Crippen molar-refractivity contribution in [2.75, 3.05) is 62.0 Å². The van der Waals surface area contributed by atoms with Gasteiger partial charge < -0.3 is 95.2 Å². The zero-order chi connectivity index (χ0) is 48.2. The van der Waals surface area contributed by atoms with Gasteiger partial charge in [-0.1, -0.05) is 34.6 Å². The van der Waals surface area contributed by atoms with Crippen LogP contribution in [-0.2, 0) is 61.8 Å². The minimum absolute atomic E-state index is 0.100. The number of carbonyl (C=O) groups is 4. The third kappa shape index (κ3) is 21.5. The lowest BCUT2D eigenvalue weighted by Gasteiger charge is -2.45. The molecule has 0 aromatic heterocycles. The molecule has 2 aliphatic heterocycles. The van der Waals surface area contributed by atoms with E-state index in [1.165, 1.54) is 28.1 Å². The highest BCUT2D eigenvalue weighted by atomic mass is 16.7. The Morgan fingerprint density at radius 2 is 1.33 bits per heavy atom. The van der Waals surface area contributed by atoms with E-state index in [2.05, 4.69) is 31.0 Å². The average molecular weight is 898 g/mol. The second-order valence-electron chi connectivity index (χ2n) is 13.7. The Morgan fingerprint density at radius 3 is 1.69 bits per heavy atom. The van der Waals surface area contributed by atoms with Crippen molar-refractivity contribution in [3.63, 3.8) is 0 Å². The SMILES string of the molecule is CC.CC.COC(=O)CC(O)(CC(=O)OC)C(=O)OC.COC(OC1C(CO)OCC([NH3+])C1O)C(C)[NH3+].COC1C(CO)OC(OC(C(C)O)C(C)CO)C(NC(C)=O)C1O. The van der Waals surface area contributed by atoms with Crippen molar-refractivity contribution in [1.82, 2.24) is 5.32 Å². The maximum atomic E-state index is 11.4. The third-order valence-electron chi connectivity index (χ3n) is 8.88. The topological polar surface area (TPSA) is 360 Å². The predicted molar refractivity (Wildman–Crippen MR) is 213 cm³/mol. The highest BCUT2D eigenvalue weighted by Crippen LogP contribution is 2.27. The van der Waals surface area contributed by atoms with Gasteiger partial charge in [0.1, 0.15) is 61.4 Å². The molecule has 364 valence electrons. The predicted octanol–water partition coefficient (Wildman–Crippen LogP) is -4.62. The highest BCUT2D eigenvalue weighted by molar-refractivity contribution is 5.89. The van der Waals surface area contributed by atoms with Gasteiger partial charge in [0.25, 0.3) is 0 Å². The molecule has 0 aliphatic carbocycles. The molecule has 23 heteroatoms. The minimum Gasteiger partial charge on any atom is -0.469 e. The van der Waals surface area contributed by atoms with Gasteiger partial charge in [0.15, 0.2) is 11.9 Å². The van der Waals surface area contributed by atoms with Crippen LogP contribution in [0.4, 0.5) is 0 Å². The fraction of sp³-hybridized carbons (Fsp3) is 0.895. The van der Waals surface area contributed by atoms with E-state index in [4.69, 9.17) is 28.4 Å². The van der Waals surface area contributed by atoms with E-state index in [9.17, 15) is 54.9 Å². The summed E-state index contributed by atoms with van der Waals surface area (Å²) in [5, 5.41) is 70.7. The molecule has 0 aromatic carbocycles. The van der Waals surface area contributed by atoms with Crippen LogP contribution in [0.5, 0.6) is 0 Å². The third-order valence-corrected chi connectivity index (χ3v) is 8.88. The summed E-state index contributed by atoms with van der Waals surface area (Å²) in [5.74, 6) is -3.58. The Labute approximate surface area is 359 Å². The lowest BCUT2D eigenvalue weighted by Crippen LogP contribution is -2.75. The number of hydrogen-bond donors (Lipinski definition) is 10. The van der Waals surface area contributed by atoms with Gasteiger partial charge >= 0.3 is 17.9 Å². The summed E-state index contributed by atoms with van der Waals surface area (Å²) in [6, 6.07) is -1.33. The number of aliphatic hydroxyl groups is 7. The summed E-state index contributed by atoms with van der Waals surface area (Å²) in [5.41, 5.74) is 5.35. The van der Waals surface area contributed by atoms with E-state index < -0.39 is 122 Å². The maximum absolute atomic E-state index is 11.4. The smallest absolute Gasteiger partial charge is 0.339 e. The monoisotopic (exact) mass is 898 g/mol. The van der Waals surface area contributed by atoms with Crippen LogP contribution in [0, 0.1) is 5.92 Å². The average Bonchev–Trinajstić information content (AvgIpc) is 3.24. The normalized spacial score (nSPS) is 27.0. The number of methoxy groups -OCH3 is 5. The van der Waals surface area contributed by atoms with Gasteiger partial charge in [-0.05, 0) is 13.8 Å². The van der Waals surface area contributed by atoms with Crippen molar-refractivity contribution in [2.24, 2.45) is 5.92 Å². The fourth-order valence-electron chi connectivity index (χ4n) is 5.69. The second-order valence-corrected chi connectivity index (χ2v) is 13.7. The van der Waals surface area contributed by atoms with Crippen LogP contribution in [0.2, 0.25) is 0 Å². The minimum atomic E-state index is -2.26. The van der Waals surface area contributed by atoms with Crippen molar-refractivity contribution in [1.29, 1.82) is 0 Å². The van der Waals surface area contributed by atoms with Crippen LogP contribution in [0.3, 0.4) is 0 Å². The molecular formula is C38H79N3O20+2. The van der Waals surface area contributed by atoms with Crippen molar-refractivity contribution >= 4 is 23.8 Å². The van der Waals surface area contributed by atoms with Gasteiger partial charge in [0, 0.05) is 33.7 Å². The number of aliphatic hydroxyl groups excluding tert-OH is 6. The van der Waals surface area contributed by atoms with E-state index in [0.29, 0.717) is 6.61 Å². The zero-order valence-electron chi connectivity index (χ0n) is 38.2. The second kappa shape index (κ2) is 33.8. The Balaban J connectivity index is -0.000000813. The number of ether oxygens (including phenoxy) is 9. The lowest BCUT2D eigenvalue weighted by molar-refractivity contribution is -0.481. The Bertz CT molecular complexity index is 1170. The van der Waals surface area contributed by atoms with Crippen molar-refractivity contribution in [3.8, 4) is 0 Å². The first-order valence-corrected chi connectivity index (χ1v) is 20.0. The molecule has 23 nitrogen and oxygen atoms in total. The van der Waals surface area contributed by atoms with Gasteiger partial charge in [-0.25, -0.2) is 4.79 Å². The standard InChI is InChI=1S/C15H29NO8.C10H22N2O5.C9H14O7.2C2H6/c1-7(5-17)13(8(2)19)24-15-11(16-9(3)20)12(21)14(22-4)10(6-18)23-15;1-5(11)10(15-2)17-9-7(3-13)16-4-6(12)8(9)14;1-14-6(10)4-9(13,8(12)16-3)5-7(11)15-2;2*1-2/h7-8,10-15,17-19,21H,5-6H2,1-4H3,(H,16,20);5-10,13-14H,3-4,11-12H2,1-2H3;13H,4-5H2,1-3H3;2*1-2H3/p+2. The van der Waals surface area contributed by atoms with Gasteiger partial charge in [-0.15, -0.1) is 0 Å². The first-order valence-electron chi connectivity index (χ1n) is 20.0. The van der Waals surface area contributed by atoms with Crippen molar-refractivity contribution in [2.45, 2.75) is 153 Å². The Morgan fingerprint density at radius 1 is 0.820 bits per heavy atom. The number of esters is 3. The molecule has 14 atom stereocenters. The molecular weight excluding hydrogens is 818 g/mol. The molecule has 0 saturated carbocycles. The number of carbonyl (C=O) groups excluding carboxylic acids is 4. The van der Waals surface area contributed by atoms with Crippen LogP contribution in [0.25, 0.3) is 0 Å². The molecule has 0 aromatic rings. The largest absolute Gasteiger partial charge is 0.469 e. The van der Waals surface area contributed by atoms with E-state index in [0.717, 1.165) is 21.3 Å². The van der Waals surface area contributed by atoms with Crippen LogP contribution in [0.1, 0.15) is 68.2 Å². The van der Waals surface area contributed by atoms with Crippen molar-refractivity contribution in [3.05, 3.63) is 0 Å². The molecule has 0 bridgehead atoms. The summed E-state index contributed by atoms with van der Waals surface area (Å²) in [6.07, 6.45) is -9.61. The number of hydrogen-bond acceptors (Lipinski definition) is 20. The molecule has 2 rings (SSSR count). The summed E-state index contributed by atoms with van der Waals surface area (Å²) < 4.78 is 45.6. The Hall–Kier alpha value is -2.72. The van der Waals surface area contributed by atoms with E-state index in [1.807, 2.05) is 34.6 Å². The molecule has 0 radical (unpaired) electrons. The van der Waals surface area contributed by atoms with Gasteiger partial charge in [0.05, 0.1) is 59.6 Å². The molecule has 0 spiro atoms. The van der Waals surface area contributed by atoms with E-state index in [-0.39, 0.29) is 25.3 Å². The molecule has 14 unspecified atom stereocenters. The highest BCUT2D eigenvalue weighted by Gasteiger charge is 2.48. The molecule has 2 heterocycles. The molecule has 14 N–H and O–H groups in total. The van der Waals surface area contributed by atoms with Gasteiger partial charge in [-0.3, -0.25) is 14.4 Å². The van der Waals surface area contributed by atoms with Gasteiger partial charge in [-0.2, -0.15) is 0 Å². The van der Waals surface area contributed by atoms with Crippen LogP contribution < -0.4 is 16.8 Å². The summed E-state index contributed by atoms with van der Waals surface area (Å²) in [7, 11) is 6.09. The summed E-state index contributed by atoms with van der Waals surface area (Å²) in [4.78, 5) is 44.6. The molecule has 2 aliphatic rings. The first kappa shape index (κ1) is 62.6. The Kier molecular flexibility index (Phi) is 34.7. The number of quaternary nitrogens is 2. The zero-order valence-corrected chi connectivity index (χ0v) is 38.2. The number of nitrogens with one attached hydrogen (secondary N) is 1. The molecule has 1 amide bonds. The van der Waals surface area contributed by atoms with Crippen LogP contribution in [0.15, 0.2) is 0 Å². The number of rotatable bonds is 18. The fourth-order valence-corrected chi connectivity index (χ4v) is 5.69. The molecule has 2 fully saturated rings. The lowest BCUT2D eigenvalue weighted by atomic mass is 9.95.